The molecule has 0 aromatic heterocycles. The summed E-state index contributed by atoms with van der Waals surface area (Å²) in [6.45, 7) is 1.17. The fourth-order valence-corrected chi connectivity index (χ4v) is 2.11. The van der Waals surface area contributed by atoms with Crippen LogP contribution in [0, 0.1) is 5.82 Å². The van der Waals surface area contributed by atoms with Crippen molar-refractivity contribution in [2.75, 3.05) is 7.05 Å². The predicted molar refractivity (Wildman–Crippen MR) is 77.6 cm³/mol. The summed E-state index contributed by atoms with van der Waals surface area (Å²) >= 11 is 3.22. The summed E-state index contributed by atoms with van der Waals surface area (Å²) in [5.41, 5.74) is 1.99. The van der Waals surface area contributed by atoms with Crippen LogP contribution in [0.3, 0.4) is 0 Å². The Morgan fingerprint density at radius 3 is 2.58 bits per heavy atom. The van der Waals surface area contributed by atoms with Gasteiger partial charge in [0.05, 0.1) is 4.47 Å². The molecule has 0 aliphatic heterocycles. The van der Waals surface area contributed by atoms with Crippen molar-refractivity contribution in [3.63, 3.8) is 0 Å². The van der Waals surface area contributed by atoms with Gasteiger partial charge in [-0.05, 0) is 46.7 Å². The molecule has 2 nitrogen and oxygen atoms in total. The lowest BCUT2D eigenvalue weighted by Crippen LogP contribution is -2.04. The molecule has 2 aromatic carbocycles. The van der Waals surface area contributed by atoms with Gasteiger partial charge in [-0.3, -0.25) is 0 Å². The zero-order chi connectivity index (χ0) is 13.7. The maximum atomic E-state index is 13.3. The molecule has 0 radical (unpaired) electrons. The Labute approximate surface area is 120 Å². The average Bonchev–Trinajstić information content (AvgIpc) is 2.42. The van der Waals surface area contributed by atoms with Gasteiger partial charge in [0.2, 0.25) is 0 Å². The lowest BCUT2D eigenvalue weighted by Gasteiger charge is -2.09. The van der Waals surface area contributed by atoms with Gasteiger partial charge in [-0.1, -0.05) is 24.3 Å². The lowest BCUT2D eigenvalue weighted by molar-refractivity contribution is 0.304. The number of halogens is 2. The second-order valence-electron chi connectivity index (χ2n) is 4.18. The second kappa shape index (κ2) is 6.68. The van der Waals surface area contributed by atoms with Gasteiger partial charge < -0.3 is 10.1 Å². The van der Waals surface area contributed by atoms with Crippen molar-refractivity contribution in [2.45, 2.75) is 13.2 Å². The largest absolute Gasteiger partial charge is 0.489 e. The van der Waals surface area contributed by atoms with Crippen molar-refractivity contribution in [3.05, 3.63) is 63.9 Å². The number of rotatable bonds is 5. The first kappa shape index (κ1) is 14.0. The van der Waals surface area contributed by atoms with E-state index in [-0.39, 0.29) is 5.82 Å². The van der Waals surface area contributed by atoms with Crippen molar-refractivity contribution in [2.24, 2.45) is 0 Å². The zero-order valence-electron chi connectivity index (χ0n) is 10.6. The molecule has 4 heteroatoms. The van der Waals surface area contributed by atoms with E-state index >= 15 is 0 Å². The number of hydrogen-bond acceptors (Lipinski definition) is 2. The fraction of sp³-hybridized carbons (Fsp3) is 0.200. The molecule has 0 aliphatic carbocycles. The standard InChI is InChI=1S/C15H15BrFNO/c1-18-9-11-5-7-13(8-6-11)19-10-12-3-2-4-14(17)15(12)16/h2-8,18H,9-10H2,1H3. The number of benzene rings is 2. The maximum absolute atomic E-state index is 13.3. The zero-order valence-corrected chi connectivity index (χ0v) is 12.2. The topological polar surface area (TPSA) is 21.3 Å². The molecule has 0 aliphatic rings. The van der Waals surface area contributed by atoms with E-state index in [0.717, 1.165) is 17.9 Å². The number of hydrogen-bond donors (Lipinski definition) is 1. The molecule has 2 aromatic rings. The molecular weight excluding hydrogens is 309 g/mol. The maximum Gasteiger partial charge on any atom is 0.137 e. The average molecular weight is 324 g/mol. The van der Waals surface area contributed by atoms with Gasteiger partial charge in [0.25, 0.3) is 0 Å². The predicted octanol–water partition coefficient (Wildman–Crippen LogP) is 3.89. The Morgan fingerprint density at radius 1 is 1.16 bits per heavy atom. The number of ether oxygens (including phenoxy) is 1. The SMILES string of the molecule is CNCc1ccc(OCc2cccc(F)c2Br)cc1. The van der Waals surface area contributed by atoms with E-state index in [1.54, 1.807) is 6.07 Å². The van der Waals surface area contributed by atoms with Crippen LogP contribution in [0.5, 0.6) is 5.75 Å². The molecule has 19 heavy (non-hydrogen) atoms. The molecule has 0 spiro atoms. The summed E-state index contributed by atoms with van der Waals surface area (Å²) in [7, 11) is 1.91. The fourth-order valence-electron chi connectivity index (χ4n) is 1.73. The van der Waals surface area contributed by atoms with Crippen molar-refractivity contribution in [1.29, 1.82) is 0 Å². The first-order valence-electron chi connectivity index (χ1n) is 6.00. The molecule has 0 saturated heterocycles. The lowest BCUT2D eigenvalue weighted by atomic mass is 10.2. The third-order valence-electron chi connectivity index (χ3n) is 2.73. The van der Waals surface area contributed by atoms with E-state index in [0.29, 0.717) is 11.1 Å². The van der Waals surface area contributed by atoms with E-state index in [1.165, 1.54) is 11.6 Å². The van der Waals surface area contributed by atoms with Crippen molar-refractivity contribution in [3.8, 4) is 5.75 Å². The highest BCUT2D eigenvalue weighted by atomic mass is 79.9. The summed E-state index contributed by atoms with van der Waals surface area (Å²) in [4.78, 5) is 0. The first-order chi connectivity index (χ1) is 9.20. The minimum atomic E-state index is -0.273. The highest BCUT2D eigenvalue weighted by molar-refractivity contribution is 9.10. The van der Waals surface area contributed by atoms with Gasteiger partial charge in [-0.25, -0.2) is 4.39 Å². The van der Waals surface area contributed by atoms with Gasteiger partial charge in [-0.15, -0.1) is 0 Å². The van der Waals surface area contributed by atoms with Gasteiger partial charge in [0.15, 0.2) is 0 Å². The Balaban J connectivity index is 2.00. The molecule has 0 fully saturated rings. The molecule has 0 heterocycles. The summed E-state index contributed by atoms with van der Waals surface area (Å²) in [6.07, 6.45) is 0. The van der Waals surface area contributed by atoms with Crippen LogP contribution in [-0.2, 0) is 13.2 Å². The molecule has 0 atom stereocenters. The van der Waals surface area contributed by atoms with Crippen molar-refractivity contribution >= 4 is 15.9 Å². The minimum absolute atomic E-state index is 0.273. The van der Waals surface area contributed by atoms with Crippen LogP contribution in [0.25, 0.3) is 0 Å². The van der Waals surface area contributed by atoms with Crippen molar-refractivity contribution in [1.82, 2.24) is 5.32 Å². The Hall–Kier alpha value is -1.39. The summed E-state index contributed by atoms with van der Waals surface area (Å²) in [5.74, 6) is 0.501. The Kier molecular flexibility index (Phi) is 4.93. The van der Waals surface area contributed by atoms with E-state index < -0.39 is 0 Å². The van der Waals surface area contributed by atoms with Crippen LogP contribution in [0.2, 0.25) is 0 Å². The quantitative estimate of drug-likeness (QED) is 0.901. The van der Waals surface area contributed by atoms with Crippen LogP contribution in [0.1, 0.15) is 11.1 Å². The van der Waals surface area contributed by atoms with Gasteiger partial charge in [-0.2, -0.15) is 0 Å². The Morgan fingerprint density at radius 2 is 1.89 bits per heavy atom. The normalized spacial score (nSPS) is 10.5. The van der Waals surface area contributed by atoms with Gasteiger partial charge in [0.1, 0.15) is 18.2 Å². The third kappa shape index (κ3) is 3.78. The monoisotopic (exact) mass is 323 g/mol. The smallest absolute Gasteiger partial charge is 0.137 e. The molecule has 0 bridgehead atoms. The van der Waals surface area contributed by atoms with Gasteiger partial charge >= 0.3 is 0 Å². The van der Waals surface area contributed by atoms with Crippen LogP contribution >= 0.6 is 15.9 Å². The van der Waals surface area contributed by atoms with E-state index in [4.69, 9.17) is 4.74 Å². The highest BCUT2D eigenvalue weighted by Gasteiger charge is 2.05. The second-order valence-corrected chi connectivity index (χ2v) is 4.97. The number of nitrogens with one attached hydrogen (secondary N) is 1. The van der Waals surface area contributed by atoms with Crippen LogP contribution < -0.4 is 10.1 Å². The third-order valence-corrected chi connectivity index (χ3v) is 3.62. The minimum Gasteiger partial charge on any atom is -0.489 e. The molecular formula is C15H15BrFNO. The Bertz CT molecular complexity index is 542. The molecule has 2 rings (SSSR count). The van der Waals surface area contributed by atoms with Gasteiger partial charge in [0, 0.05) is 12.1 Å². The molecule has 1 N–H and O–H groups in total. The first-order valence-corrected chi connectivity index (χ1v) is 6.79. The molecule has 0 saturated carbocycles. The molecule has 0 amide bonds. The van der Waals surface area contributed by atoms with Crippen LogP contribution in [0.15, 0.2) is 46.9 Å². The summed E-state index contributed by atoms with van der Waals surface area (Å²) in [6, 6.07) is 12.8. The highest BCUT2D eigenvalue weighted by Crippen LogP contribution is 2.22. The van der Waals surface area contributed by atoms with E-state index in [1.807, 2.05) is 37.4 Å². The van der Waals surface area contributed by atoms with Crippen molar-refractivity contribution < 1.29 is 9.13 Å². The van der Waals surface area contributed by atoms with E-state index in [9.17, 15) is 4.39 Å². The molecule has 0 unspecified atom stereocenters. The summed E-state index contributed by atoms with van der Waals surface area (Å²) < 4.78 is 19.4. The van der Waals surface area contributed by atoms with E-state index in [2.05, 4.69) is 21.2 Å². The van der Waals surface area contributed by atoms with Crippen LogP contribution in [-0.4, -0.2) is 7.05 Å². The molecule has 100 valence electrons. The summed E-state index contributed by atoms with van der Waals surface area (Å²) in [5, 5.41) is 3.09. The van der Waals surface area contributed by atoms with Crippen LogP contribution in [0.4, 0.5) is 4.39 Å².